The molecule has 1 unspecified atom stereocenters. The van der Waals surface area contributed by atoms with Gasteiger partial charge in [-0.05, 0) is 37.2 Å². The van der Waals surface area contributed by atoms with Crippen LogP contribution in [0.25, 0.3) is 0 Å². The number of nitrogens with zero attached hydrogens (tertiary/aromatic N) is 2. The molecule has 0 aliphatic rings. The van der Waals surface area contributed by atoms with Gasteiger partial charge >= 0.3 is 0 Å². The molecule has 1 heterocycles. The average molecular weight is 307 g/mol. The van der Waals surface area contributed by atoms with Crippen molar-refractivity contribution in [1.29, 1.82) is 0 Å². The van der Waals surface area contributed by atoms with Crippen molar-refractivity contribution in [2.24, 2.45) is 11.7 Å². The van der Waals surface area contributed by atoms with Crippen molar-refractivity contribution in [3.05, 3.63) is 10.6 Å². The van der Waals surface area contributed by atoms with E-state index in [-0.39, 0.29) is 23.9 Å². The highest BCUT2D eigenvalue weighted by atomic mass is 35.5. The van der Waals surface area contributed by atoms with Crippen molar-refractivity contribution in [2.75, 3.05) is 6.54 Å². The number of aryl methyl sites for hydroxylation is 1. The van der Waals surface area contributed by atoms with Crippen LogP contribution < -0.4 is 11.1 Å². The fraction of sp³-hybridized carbons (Fsp3) is 0.750. The SMILES string of the molecule is CCc1nnsc1C(=O)NC(C)(CN)CC(C)C.Cl. The summed E-state index contributed by atoms with van der Waals surface area (Å²) in [5.74, 6) is 0.361. The lowest BCUT2D eigenvalue weighted by Gasteiger charge is -2.31. The molecule has 7 heteroatoms. The summed E-state index contributed by atoms with van der Waals surface area (Å²) in [5.41, 5.74) is 6.16. The lowest BCUT2D eigenvalue weighted by Crippen LogP contribution is -2.52. The monoisotopic (exact) mass is 306 g/mol. The van der Waals surface area contributed by atoms with Crippen molar-refractivity contribution >= 4 is 29.8 Å². The smallest absolute Gasteiger partial charge is 0.265 e. The van der Waals surface area contributed by atoms with Crippen LogP contribution >= 0.6 is 23.9 Å². The number of nitrogens with one attached hydrogen (secondary N) is 1. The summed E-state index contributed by atoms with van der Waals surface area (Å²) in [5, 5.41) is 6.97. The molecule has 0 saturated heterocycles. The van der Waals surface area contributed by atoms with E-state index in [4.69, 9.17) is 5.73 Å². The standard InChI is InChI=1S/C12H22N4OS.ClH/c1-5-9-10(18-16-15-9)11(17)14-12(4,7-13)6-8(2)3;/h8H,5-7,13H2,1-4H3,(H,14,17);1H. The molecule has 1 atom stereocenters. The topological polar surface area (TPSA) is 80.9 Å². The first-order valence-electron chi connectivity index (χ1n) is 6.25. The van der Waals surface area contributed by atoms with Gasteiger partial charge in [-0.2, -0.15) is 0 Å². The van der Waals surface area contributed by atoms with Gasteiger partial charge in [0.2, 0.25) is 0 Å². The van der Waals surface area contributed by atoms with Crippen LogP contribution in [0.4, 0.5) is 0 Å². The predicted molar refractivity (Wildman–Crippen MR) is 80.9 cm³/mol. The number of halogens is 1. The first-order valence-corrected chi connectivity index (χ1v) is 7.03. The van der Waals surface area contributed by atoms with Gasteiger partial charge in [-0.25, -0.2) is 0 Å². The minimum absolute atomic E-state index is 0. The van der Waals surface area contributed by atoms with Gasteiger partial charge in [-0.1, -0.05) is 25.3 Å². The predicted octanol–water partition coefficient (Wildman–Crippen LogP) is 2.02. The Morgan fingerprint density at radius 1 is 1.53 bits per heavy atom. The van der Waals surface area contributed by atoms with Gasteiger partial charge in [0.15, 0.2) is 0 Å². The van der Waals surface area contributed by atoms with Gasteiger partial charge in [-0.3, -0.25) is 4.79 Å². The lowest BCUT2D eigenvalue weighted by atomic mass is 9.90. The molecule has 19 heavy (non-hydrogen) atoms. The van der Waals surface area contributed by atoms with Crippen LogP contribution in [0, 0.1) is 5.92 Å². The molecule has 110 valence electrons. The van der Waals surface area contributed by atoms with E-state index in [1.165, 1.54) is 0 Å². The number of carbonyl (C=O) groups is 1. The maximum absolute atomic E-state index is 12.2. The molecular formula is C12H23ClN4OS. The molecule has 5 nitrogen and oxygen atoms in total. The minimum atomic E-state index is -0.375. The van der Waals surface area contributed by atoms with Crippen LogP contribution in [0.1, 0.15) is 49.5 Å². The number of hydrogen-bond acceptors (Lipinski definition) is 5. The number of aromatic nitrogens is 2. The Balaban J connectivity index is 0.00000324. The molecule has 0 radical (unpaired) electrons. The van der Waals surface area contributed by atoms with Crippen molar-refractivity contribution in [3.63, 3.8) is 0 Å². The van der Waals surface area contributed by atoms with Gasteiger partial charge in [0.1, 0.15) is 4.88 Å². The second kappa shape index (κ2) is 7.77. The summed E-state index contributed by atoms with van der Waals surface area (Å²) in [6.07, 6.45) is 1.56. The largest absolute Gasteiger partial charge is 0.345 e. The Hall–Kier alpha value is -0.720. The molecule has 1 aromatic heterocycles. The molecular weight excluding hydrogens is 284 g/mol. The van der Waals surface area contributed by atoms with Crippen LogP contribution in [0.15, 0.2) is 0 Å². The number of rotatable bonds is 6. The minimum Gasteiger partial charge on any atom is -0.345 e. The summed E-state index contributed by atoms with van der Waals surface area (Å²) in [6, 6.07) is 0. The Labute approximate surface area is 124 Å². The molecule has 0 aliphatic carbocycles. The Morgan fingerprint density at radius 3 is 2.63 bits per heavy atom. The Bertz CT molecular complexity index is 410. The van der Waals surface area contributed by atoms with Gasteiger partial charge in [-0.15, -0.1) is 17.5 Å². The lowest BCUT2D eigenvalue weighted by molar-refractivity contribution is 0.0901. The van der Waals surface area contributed by atoms with E-state index >= 15 is 0 Å². The third-order valence-corrected chi connectivity index (χ3v) is 3.59. The van der Waals surface area contributed by atoms with E-state index in [1.807, 2.05) is 13.8 Å². The summed E-state index contributed by atoms with van der Waals surface area (Å²) >= 11 is 1.14. The highest BCUT2D eigenvalue weighted by molar-refractivity contribution is 7.08. The van der Waals surface area contributed by atoms with Crippen LogP contribution in [-0.4, -0.2) is 27.6 Å². The number of amides is 1. The normalized spacial score (nSPS) is 13.8. The number of nitrogens with two attached hydrogens (primary N) is 1. The zero-order valence-corrected chi connectivity index (χ0v) is 13.5. The third kappa shape index (κ3) is 5.04. The van der Waals surface area contributed by atoms with Gasteiger partial charge in [0, 0.05) is 6.54 Å². The van der Waals surface area contributed by atoms with Gasteiger partial charge < -0.3 is 11.1 Å². The van der Waals surface area contributed by atoms with E-state index in [2.05, 4.69) is 28.8 Å². The zero-order valence-electron chi connectivity index (χ0n) is 11.9. The van der Waals surface area contributed by atoms with Crippen LogP contribution in [0.3, 0.4) is 0 Å². The first-order chi connectivity index (χ1) is 8.41. The molecule has 0 bridgehead atoms. The summed E-state index contributed by atoms with van der Waals surface area (Å²) < 4.78 is 3.83. The maximum atomic E-state index is 12.2. The van der Waals surface area contributed by atoms with Crippen molar-refractivity contribution in [3.8, 4) is 0 Å². The fourth-order valence-corrected chi connectivity index (χ4v) is 2.68. The molecule has 0 spiro atoms. The molecule has 0 fully saturated rings. The quantitative estimate of drug-likeness (QED) is 0.842. The summed E-state index contributed by atoms with van der Waals surface area (Å²) in [6.45, 7) is 8.59. The first kappa shape index (κ1) is 18.3. The van der Waals surface area contributed by atoms with Crippen LogP contribution in [-0.2, 0) is 6.42 Å². The molecule has 0 saturated carbocycles. The second-order valence-electron chi connectivity index (χ2n) is 5.22. The highest BCUT2D eigenvalue weighted by Crippen LogP contribution is 2.18. The van der Waals surface area contributed by atoms with E-state index < -0.39 is 0 Å². The van der Waals surface area contributed by atoms with Gasteiger partial charge in [0.05, 0.1) is 11.2 Å². The molecule has 1 rings (SSSR count). The van der Waals surface area contributed by atoms with Crippen molar-refractivity contribution in [1.82, 2.24) is 14.9 Å². The molecule has 1 amide bonds. The third-order valence-electron chi connectivity index (χ3n) is 2.82. The van der Waals surface area contributed by atoms with E-state index in [0.29, 0.717) is 23.8 Å². The van der Waals surface area contributed by atoms with Crippen LogP contribution in [0.5, 0.6) is 0 Å². The second-order valence-corrected chi connectivity index (χ2v) is 5.97. The Kier molecular flexibility index (Phi) is 7.47. The molecule has 0 aromatic carbocycles. The highest BCUT2D eigenvalue weighted by Gasteiger charge is 2.28. The molecule has 0 aliphatic heterocycles. The van der Waals surface area contributed by atoms with Crippen molar-refractivity contribution < 1.29 is 4.79 Å². The van der Waals surface area contributed by atoms with E-state index in [9.17, 15) is 4.79 Å². The van der Waals surface area contributed by atoms with E-state index in [0.717, 1.165) is 23.6 Å². The summed E-state index contributed by atoms with van der Waals surface area (Å²) in [4.78, 5) is 12.8. The maximum Gasteiger partial charge on any atom is 0.265 e. The number of carbonyl (C=O) groups excluding carboxylic acids is 1. The molecule has 3 N–H and O–H groups in total. The van der Waals surface area contributed by atoms with E-state index in [1.54, 1.807) is 0 Å². The molecule has 1 aromatic rings. The fourth-order valence-electron chi connectivity index (χ4n) is 2.03. The Morgan fingerprint density at radius 2 is 2.16 bits per heavy atom. The zero-order chi connectivity index (χ0) is 13.8. The average Bonchev–Trinajstić information content (AvgIpc) is 2.75. The van der Waals surface area contributed by atoms with Crippen molar-refractivity contribution in [2.45, 2.75) is 46.1 Å². The number of hydrogen-bond donors (Lipinski definition) is 2. The van der Waals surface area contributed by atoms with Crippen LogP contribution in [0.2, 0.25) is 0 Å². The summed E-state index contributed by atoms with van der Waals surface area (Å²) in [7, 11) is 0. The van der Waals surface area contributed by atoms with Gasteiger partial charge in [0.25, 0.3) is 5.91 Å².